The molecule has 3 N–H and O–H groups in total. The molecule has 1 fully saturated rings. The molecule has 1 amide bonds. The van der Waals surface area contributed by atoms with Gasteiger partial charge < -0.3 is 19.7 Å². The van der Waals surface area contributed by atoms with Crippen molar-refractivity contribution in [2.75, 3.05) is 26.2 Å². The molecule has 0 aromatic carbocycles. The molecule has 130 valence electrons. The van der Waals surface area contributed by atoms with Crippen molar-refractivity contribution in [3.05, 3.63) is 30.2 Å². The number of aromatic nitrogens is 2. The van der Waals surface area contributed by atoms with Crippen LogP contribution in [0.25, 0.3) is 11.5 Å². The van der Waals surface area contributed by atoms with Crippen molar-refractivity contribution in [2.45, 2.75) is 25.9 Å². The third-order valence-electron chi connectivity index (χ3n) is 4.44. The molecule has 0 spiro atoms. The highest BCUT2D eigenvalue weighted by molar-refractivity contribution is 5.93. The number of hydrogen-bond donors (Lipinski definition) is 3. The number of H-pyrrole nitrogens is 1. The van der Waals surface area contributed by atoms with Gasteiger partial charge in [-0.25, -0.2) is 0 Å². The Morgan fingerprint density at radius 1 is 1.54 bits per heavy atom. The fraction of sp³-hybridized carbons (Fsp3) is 0.529. The predicted octanol–water partition coefficient (Wildman–Crippen LogP) is 1.49. The van der Waals surface area contributed by atoms with Gasteiger partial charge in [0.05, 0.1) is 12.4 Å². The van der Waals surface area contributed by atoms with Gasteiger partial charge in [0.25, 0.3) is 5.91 Å². The van der Waals surface area contributed by atoms with Crippen LogP contribution < -0.4 is 5.32 Å². The molecule has 1 saturated heterocycles. The predicted molar refractivity (Wildman–Crippen MR) is 89.5 cm³/mol. The highest BCUT2D eigenvalue weighted by Crippen LogP contribution is 2.18. The van der Waals surface area contributed by atoms with Gasteiger partial charge in [-0.2, -0.15) is 5.10 Å². The van der Waals surface area contributed by atoms with E-state index in [-0.39, 0.29) is 18.1 Å². The second-order valence-electron chi connectivity index (χ2n) is 6.49. The second kappa shape index (κ2) is 7.63. The number of carbonyl (C=O) groups is 1. The molecule has 1 aliphatic rings. The van der Waals surface area contributed by atoms with Gasteiger partial charge in [-0.05, 0) is 44.0 Å². The second-order valence-corrected chi connectivity index (χ2v) is 6.49. The van der Waals surface area contributed by atoms with Crippen LogP contribution in [0.4, 0.5) is 0 Å². The Kier molecular flexibility index (Phi) is 5.32. The van der Waals surface area contributed by atoms with Crippen LogP contribution in [0.1, 0.15) is 30.3 Å². The third kappa shape index (κ3) is 4.24. The standard InChI is InChI=1S/C17H24N4O3/c1-12-4-6-21(7-5-12)11-13(22)10-18-17(23)15-9-14(19-20-15)16-3-2-8-24-16/h2-3,8-9,12-13,22H,4-7,10-11H2,1H3,(H,18,23)(H,19,20). The number of hydrogen-bond acceptors (Lipinski definition) is 5. The molecule has 1 aliphatic heterocycles. The van der Waals surface area contributed by atoms with Crippen LogP contribution >= 0.6 is 0 Å². The Bertz CT molecular complexity index is 645. The monoisotopic (exact) mass is 332 g/mol. The number of amides is 1. The summed E-state index contributed by atoms with van der Waals surface area (Å²) in [4.78, 5) is 14.4. The molecule has 7 heteroatoms. The maximum Gasteiger partial charge on any atom is 0.271 e. The molecule has 0 bridgehead atoms. The van der Waals surface area contributed by atoms with Gasteiger partial charge in [0.1, 0.15) is 5.69 Å². The van der Waals surface area contributed by atoms with Gasteiger partial charge in [-0.15, -0.1) is 0 Å². The number of aromatic amines is 1. The van der Waals surface area contributed by atoms with E-state index in [0.717, 1.165) is 19.0 Å². The van der Waals surface area contributed by atoms with Gasteiger partial charge in [-0.3, -0.25) is 9.89 Å². The van der Waals surface area contributed by atoms with Crippen molar-refractivity contribution in [2.24, 2.45) is 5.92 Å². The molecule has 0 radical (unpaired) electrons. The number of piperidine rings is 1. The Morgan fingerprint density at radius 3 is 3.04 bits per heavy atom. The average Bonchev–Trinajstić information content (AvgIpc) is 3.25. The minimum Gasteiger partial charge on any atom is -0.463 e. The van der Waals surface area contributed by atoms with E-state index in [9.17, 15) is 9.90 Å². The molecule has 2 aromatic heterocycles. The lowest BCUT2D eigenvalue weighted by atomic mass is 9.99. The van der Waals surface area contributed by atoms with E-state index in [1.165, 1.54) is 12.8 Å². The first-order valence-electron chi connectivity index (χ1n) is 8.39. The number of carbonyl (C=O) groups excluding carboxylic acids is 1. The number of rotatable bonds is 6. The maximum atomic E-state index is 12.1. The Balaban J connectivity index is 1.45. The summed E-state index contributed by atoms with van der Waals surface area (Å²) >= 11 is 0. The lowest BCUT2D eigenvalue weighted by molar-refractivity contribution is 0.0792. The lowest BCUT2D eigenvalue weighted by Gasteiger charge is -2.31. The molecule has 0 saturated carbocycles. The number of nitrogens with zero attached hydrogens (tertiary/aromatic N) is 2. The Labute approximate surface area is 141 Å². The molecule has 0 aliphatic carbocycles. The van der Waals surface area contributed by atoms with Crippen LogP contribution in [-0.2, 0) is 0 Å². The molecule has 1 atom stereocenters. The summed E-state index contributed by atoms with van der Waals surface area (Å²) in [5.41, 5.74) is 0.925. The summed E-state index contributed by atoms with van der Waals surface area (Å²) in [6.45, 7) is 5.09. The van der Waals surface area contributed by atoms with Crippen LogP contribution in [0.5, 0.6) is 0 Å². The zero-order chi connectivity index (χ0) is 16.9. The van der Waals surface area contributed by atoms with Gasteiger partial charge in [0.2, 0.25) is 0 Å². The zero-order valence-corrected chi connectivity index (χ0v) is 13.9. The van der Waals surface area contributed by atoms with Gasteiger partial charge >= 0.3 is 0 Å². The third-order valence-corrected chi connectivity index (χ3v) is 4.44. The van der Waals surface area contributed by atoms with Gasteiger partial charge in [-0.1, -0.05) is 6.92 Å². The molecule has 7 nitrogen and oxygen atoms in total. The number of furan rings is 1. The van der Waals surface area contributed by atoms with Crippen molar-refractivity contribution in [1.29, 1.82) is 0 Å². The van der Waals surface area contributed by atoms with E-state index in [4.69, 9.17) is 4.42 Å². The number of β-amino-alcohol motifs (C(OH)–C–C–N with tert-alkyl or cyclic N) is 1. The van der Waals surface area contributed by atoms with Crippen LogP contribution in [-0.4, -0.2) is 58.4 Å². The van der Waals surface area contributed by atoms with E-state index < -0.39 is 6.10 Å². The lowest BCUT2D eigenvalue weighted by Crippen LogP contribution is -2.43. The van der Waals surface area contributed by atoms with E-state index in [1.807, 2.05) is 0 Å². The van der Waals surface area contributed by atoms with Crippen molar-refractivity contribution < 1.29 is 14.3 Å². The summed E-state index contributed by atoms with van der Waals surface area (Å²) in [6.07, 6.45) is 3.32. The molecule has 2 aromatic rings. The minimum absolute atomic E-state index is 0.216. The number of nitrogens with one attached hydrogen (secondary N) is 2. The van der Waals surface area contributed by atoms with Crippen LogP contribution in [0.2, 0.25) is 0 Å². The quantitative estimate of drug-likeness (QED) is 0.745. The molecular weight excluding hydrogens is 308 g/mol. The fourth-order valence-electron chi connectivity index (χ4n) is 2.90. The number of likely N-dealkylation sites (tertiary alicyclic amines) is 1. The Morgan fingerprint density at radius 2 is 2.33 bits per heavy atom. The normalized spacial score (nSPS) is 17.8. The largest absolute Gasteiger partial charge is 0.463 e. The topological polar surface area (TPSA) is 94.4 Å². The molecule has 24 heavy (non-hydrogen) atoms. The zero-order valence-electron chi connectivity index (χ0n) is 13.9. The van der Waals surface area contributed by atoms with E-state index in [1.54, 1.807) is 24.5 Å². The molecule has 3 rings (SSSR count). The van der Waals surface area contributed by atoms with Gasteiger partial charge in [0.15, 0.2) is 11.5 Å². The summed E-state index contributed by atoms with van der Waals surface area (Å²) in [7, 11) is 0. The highest BCUT2D eigenvalue weighted by Gasteiger charge is 2.19. The highest BCUT2D eigenvalue weighted by atomic mass is 16.3. The summed E-state index contributed by atoms with van der Waals surface area (Å²) in [5, 5.41) is 19.6. The average molecular weight is 332 g/mol. The first kappa shape index (κ1) is 16.7. The first-order chi connectivity index (χ1) is 11.6. The summed E-state index contributed by atoms with van der Waals surface area (Å²) in [6, 6.07) is 5.19. The van der Waals surface area contributed by atoms with Crippen LogP contribution in [0, 0.1) is 5.92 Å². The number of aliphatic hydroxyl groups is 1. The Hall–Kier alpha value is -2.12. The van der Waals surface area contributed by atoms with Crippen molar-refractivity contribution >= 4 is 5.91 Å². The SMILES string of the molecule is CC1CCN(CC(O)CNC(=O)c2cc(-c3ccco3)[nH]n2)CC1. The van der Waals surface area contributed by atoms with Gasteiger partial charge in [0, 0.05) is 19.2 Å². The van der Waals surface area contributed by atoms with Crippen LogP contribution in [0.15, 0.2) is 28.9 Å². The van der Waals surface area contributed by atoms with Crippen LogP contribution in [0.3, 0.4) is 0 Å². The minimum atomic E-state index is -0.578. The summed E-state index contributed by atoms with van der Waals surface area (Å²) < 4.78 is 5.25. The first-order valence-corrected chi connectivity index (χ1v) is 8.39. The summed E-state index contributed by atoms with van der Waals surface area (Å²) in [5.74, 6) is 1.08. The fourth-order valence-corrected chi connectivity index (χ4v) is 2.90. The maximum absolute atomic E-state index is 12.1. The molecular formula is C17H24N4O3. The van der Waals surface area contributed by atoms with E-state index in [0.29, 0.717) is 18.0 Å². The molecule has 3 heterocycles. The van der Waals surface area contributed by atoms with E-state index >= 15 is 0 Å². The van der Waals surface area contributed by atoms with Crippen molar-refractivity contribution in [1.82, 2.24) is 20.4 Å². The molecule has 1 unspecified atom stereocenters. The van der Waals surface area contributed by atoms with Crippen molar-refractivity contribution in [3.63, 3.8) is 0 Å². The smallest absolute Gasteiger partial charge is 0.271 e. The van der Waals surface area contributed by atoms with E-state index in [2.05, 4.69) is 27.3 Å². The number of aliphatic hydroxyl groups excluding tert-OH is 1. The van der Waals surface area contributed by atoms with Crippen molar-refractivity contribution in [3.8, 4) is 11.5 Å².